The van der Waals surface area contributed by atoms with Crippen LogP contribution in [0.2, 0.25) is 0 Å². The van der Waals surface area contributed by atoms with E-state index in [1.807, 2.05) is 0 Å². The Kier molecular flexibility index (Phi) is 7.93. The molecule has 0 amide bonds. The van der Waals surface area contributed by atoms with Crippen molar-refractivity contribution in [2.24, 2.45) is 5.92 Å². The van der Waals surface area contributed by atoms with Crippen molar-refractivity contribution in [2.45, 2.75) is 33.1 Å². The Morgan fingerprint density at radius 1 is 1.58 bits per heavy atom. The van der Waals surface area contributed by atoms with Crippen LogP contribution in [0.4, 0.5) is 0 Å². The van der Waals surface area contributed by atoms with Crippen LogP contribution in [0.15, 0.2) is 11.6 Å². The average Bonchev–Trinajstić information content (AvgIpc) is 2.11. The molecule has 72 valence electrons. The van der Waals surface area contributed by atoms with Gasteiger partial charge in [0.1, 0.15) is 0 Å². The zero-order valence-electron chi connectivity index (χ0n) is 8.02. The van der Waals surface area contributed by atoms with Crippen LogP contribution in [0.5, 0.6) is 0 Å². The molecule has 1 nitrogen and oxygen atoms in total. The lowest BCUT2D eigenvalue weighted by Crippen LogP contribution is -1.96. The van der Waals surface area contributed by atoms with Crippen LogP contribution in [0.3, 0.4) is 0 Å². The van der Waals surface area contributed by atoms with Crippen molar-refractivity contribution >= 4 is 15.9 Å². The van der Waals surface area contributed by atoms with Gasteiger partial charge in [0.25, 0.3) is 0 Å². The van der Waals surface area contributed by atoms with Crippen molar-refractivity contribution < 1.29 is 5.11 Å². The molecule has 0 saturated carbocycles. The third-order valence-corrected chi connectivity index (χ3v) is 2.56. The number of allylic oxidation sites excluding steroid dienone is 1. The molecule has 0 aromatic heterocycles. The molecule has 0 heterocycles. The molecule has 0 spiro atoms. The van der Waals surface area contributed by atoms with Gasteiger partial charge in [-0.1, -0.05) is 42.3 Å². The smallest absolute Gasteiger partial charge is 0.0641 e. The predicted octanol–water partition coefficient (Wildman–Crippen LogP) is 3.13. The van der Waals surface area contributed by atoms with Crippen molar-refractivity contribution in [3.63, 3.8) is 0 Å². The molecule has 0 bridgehead atoms. The summed E-state index contributed by atoms with van der Waals surface area (Å²) in [5, 5.41) is 10.0. The van der Waals surface area contributed by atoms with Crippen LogP contribution in [-0.4, -0.2) is 17.0 Å². The van der Waals surface area contributed by atoms with E-state index in [2.05, 4.69) is 35.9 Å². The second-order valence-electron chi connectivity index (χ2n) is 3.16. The van der Waals surface area contributed by atoms with Crippen LogP contribution < -0.4 is 0 Å². The van der Waals surface area contributed by atoms with Gasteiger partial charge in [0.05, 0.1) is 6.61 Å². The molecule has 0 radical (unpaired) electrons. The molecule has 0 unspecified atom stereocenters. The number of rotatable bonds is 6. The average molecular weight is 235 g/mol. The summed E-state index contributed by atoms with van der Waals surface area (Å²) in [6.07, 6.45) is 5.48. The fourth-order valence-corrected chi connectivity index (χ4v) is 1.31. The van der Waals surface area contributed by atoms with Crippen LogP contribution in [0.25, 0.3) is 0 Å². The maximum absolute atomic E-state index is 9.01. The zero-order valence-corrected chi connectivity index (χ0v) is 9.60. The van der Waals surface area contributed by atoms with Crippen molar-refractivity contribution in [1.29, 1.82) is 0 Å². The lowest BCUT2D eigenvalue weighted by molar-refractivity contribution is 0.325. The number of aliphatic hydroxyl groups is 1. The number of alkyl halides is 1. The monoisotopic (exact) mass is 234 g/mol. The number of hydrogen-bond donors (Lipinski definition) is 1. The van der Waals surface area contributed by atoms with Gasteiger partial charge in [0.15, 0.2) is 0 Å². The summed E-state index contributed by atoms with van der Waals surface area (Å²) in [6, 6.07) is 0. The maximum Gasteiger partial charge on any atom is 0.0641 e. The first-order valence-corrected chi connectivity index (χ1v) is 5.73. The van der Waals surface area contributed by atoms with E-state index in [4.69, 9.17) is 5.11 Å². The molecular formula is C10H19BrO. The molecule has 0 saturated heterocycles. The molecule has 0 aromatic rings. The van der Waals surface area contributed by atoms with Gasteiger partial charge in [0, 0.05) is 5.33 Å². The summed E-state index contributed by atoms with van der Waals surface area (Å²) in [5.41, 5.74) is 1.18. The van der Waals surface area contributed by atoms with Gasteiger partial charge in [-0.05, 0) is 24.3 Å². The molecule has 0 aliphatic rings. The lowest BCUT2D eigenvalue weighted by Gasteiger charge is -2.06. The summed E-state index contributed by atoms with van der Waals surface area (Å²) in [6.45, 7) is 4.57. The Labute approximate surface area is 84.0 Å². The summed E-state index contributed by atoms with van der Waals surface area (Å²) in [5.74, 6) is 0.600. The van der Waals surface area contributed by atoms with E-state index in [1.54, 1.807) is 0 Å². The van der Waals surface area contributed by atoms with Gasteiger partial charge in [-0.15, -0.1) is 0 Å². The van der Waals surface area contributed by atoms with Crippen molar-refractivity contribution in [1.82, 2.24) is 0 Å². The summed E-state index contributed by atoms with van der Waals surface area (Å²) in [4.78, 5) is 0. The minimum atomic E-state index is 0.220. The van der Waals surface area contributed by atoms with E-state index in [0.717, 1.165) is 24.6 Å². The van der Waals surface area contributed by atoms with Crippen LogP contribution in [-0.2, 0) is 0 Å². The van der Waals surface area contributed by atoms with Gasteiger partial charge >= 0.3 is 0 Å². The topological polar surface area (TPSA) is 20.2 Å². The van der Waals surface area contributed by atoms with Gasteiger partial charge in [-0.25, -0.2) is 0 Å². The Bertz CT molecular complexity index is 132. The quantitative estimate of drug-likeness (QED) is 0.554. The SMILES string of the molecule is CC[C@H](C)/C=C(\CO)CCCBr. The molecule has 0 rings (SSSR count). The predicted molar refractivity (Wildman–Crippen MR) is 57.7 cm³/mol. The van der Waals surface area contributed by atoms with Gasteiger partial charge in [0.2, 0.25) is 0 Å². The van der Waals surface area contributed by atoms with E-state index >= 15 is 0 Å². The van der Waals surface area contributed by atoms with Crippen LogP contribution >= 0.6 is 15.9 Å². The summed E-state index contributed by atoms with van der Waals surface area (Å²) >= 11 is 3.38. The normalized spacial score (nSPS) is 14.8. The second kappa shape index (κ2) is 7.81. The number of hydrogen-bond acceptors (Lipinski definition) is 1. The van der Waals surface area contributed by atoms with Crippen molar-refractivity contribution in [3.8, 4) is 0 Å². The van der Waals surface area contributed by atoms with Gasteiger partial charge in [-0.3, -0.25) is 0 Å². The first-order valence-electron chi connectivity index (χ1n) is 4.61. The molecular weight excluding hydrogens is 216 g/mol. The van der Waals surface area contributed by atoms with Crippen LogP contribution in [0.1, 0.15) is 33.1 Å². The Balaban J connectivity index is 3.85. The maximum atomic E-state index is 9.01. The highest BCUT2D eigenvalue weighted by Crippen LogP contribution is 2.11. The zero-order chi connectivity index (χ0) is 9.40. The van der Waals surface area contributed by atoms with E-state index in [-0.39, 0.29) is 6.61 Å². The molecule has 12 heavy (non-hydrogen) atoms. The van der Waals surface area contributed by atoms with E-state index in [1.165, 1.54) is 5.57 Å². The van der Waals surface area contributed by atoms with Crippen molar-refractivity contribution in [2.75, 3.05) is 11.9 Å². The minimum Gasteiger partial charge on any atom is -0.392 e. The van der Waals surface area contributed by atoms with Gasteiger partial charge < -0.3 is 5.11 Å². The number of halogens is 1. The lowest BCUT2D eigenvalue weighted by atomic mass is 10.0. The standard InChI is InChI=1S/C10H19BrO/c1-3-9(2)7-10(8-12)5-4-6-11/h7,9,12H,3-6,8H2,1-2H3/b10-7-/t9-/m0/s1. The Morgan fingerprint density at radius 2 is 2.25 bits per heavy atom. The van der Waals surface area contributed by atoms with Crippen molar-refractivity contribution in [3.05, 3.63) is 11.6 Å². The molecule has 1 N–H and O–H groups in total. The highest BCUT2D eigenvalue weighted by Gasteiger charge is 1.98. The molecule has 0 aliphatic heterocycles. The first kappa shape index (κ1) is 12.2. The van der Waals surface area contributed by atoms with Gasteiger partial charge in [-0.2, -0.15) is 0 Å². The largest absolute Gasteiger partial charge is 0.392 e. The van der Waals surface area contributed by atoms with E-state index in [9.17, 15) is 0 Å². The second-order valence-corrected chi connectivity index (χ2v) is 3.95. The Hall–Kier alpha value is 0.180. The third-order valence-electron chi connectivity index (χ3n) is 2.00. The summed E-state index contributed by atoms with van der Waals surface area (Å²) in [7, 11) is 0. The molecule has 2 heteroatoms. The summed E-state index contributed by atoms with van der Waals surface area (Å²) < 4.78 is 0. The minimum absolute atomic E-state index is 0.220. The van der Waals surface area contributed by atoms with E-state index in [0.29, 0.717) is 5.92 Å². The number of aliphatic hydroxyl groups excluding tert-OH is 1. The highest BCUT2D eigenvalue weighted by atomic mass is 79.9. The fourth-order valence-electron chi connectivity index (χ4n) is 1.03. The highest BCUT2D eigenvalue weighted by molar-refractivity contribution is 9.09. The third kappa shape index (κ3) is 5.78. The molecule has 0 aromatic carbocycles. The van der Waals surface area contributed by atoms with Crippen LogP contribution in [0, 0.1) is 5.92 Å². The fraction of sp³-hybridized carbons (Fsp3) is 0.800. The Morgan fingerprint density at radius 3 is 2.67 bits per heavy atom. The molecule has 1 atom stereocenters. The first-order chi connectivity index (χ1) is 5.74. The molecule has 0 fully saturated rings. The van der Waals surface area contributed by atoms with E-state index < -0.39 is 0 Å². The molecule has 0 aliphatic carbocycles.